The van der Waals surface area contributed by atoms with Crippen molar-refractivity contribution in [1.82, 2.24) is 9.29 Å². The Labute approximate surface area is 132 Å². The molecule has 3 rings (SSSR count). The number of fused-ring (bicyclic) bond motifs is 1. The van der Waals surface area contributed by atoms with Gasteiger partial charge in [0.05, 0.1) is 13.2 Å². The lowest BCUT2D eigenvalue weighted by molar-refractivity contribution is -0.118. The lowest BCUT2D eigenvalue weighted by Crippen LogP contribution is -2.48. The molecule has 0 saturated heterocycles. The second kappa shape index (κ2) is 5.60. The molecule has 7 nitrogen and oxygen atoms in total. The molecule has 0 unspecified atom stereocenters. The monoisotopic (exact) mass is 336 g/mol. The Balaban J connectivity index is 2.13. The van der Waals surface area contributed by atoms with E-state index < -0.39 is 28.3 Å². The van der Waals surface area contributed by atoms with E-state index in [0.29, 0.717) is 5.69 Å². The average Bonchev–Trinajstić information content (AvgIpc) is 2.51. The summed E-state index contributed by atoms with van der Waals surface area (Å²) < 4.78 is 39.2. The van der Waals surface area contributed by atoms with E-state index in [9.17, 15) is 17.6 Å². The molecule has 0 spiro atoms. The Kier molecular flexibility index (Phi) is 3.74. The van der Waals surface area contributed by atoms with Crippen molar-refractivity contribution in [2.75, 3.05) is 18.1 Å². The van der Waals surface area contributed by atoms with Gasteiger partial charge in [-0.3, -0.25) is 4.79 Å². The van der Waals surface area contributed by atoms with Crippen LogP contribution in [0.1, 0.15) is 0 Å². The van der Waals surface area contributed by atoms with Crippen molar-refractivity contribution in [3.05, 3.63) is 48.4 Å². The van der Waals surface area contributed by atoms with Gasteiger partial charge in [-0.1, -0.05) is 0 Å². The van der Waals surface area contributed by atoms with E-state index in [0.717, 1.165) is 4.31 Å². The molecule has 1 amide bonds. The molecular formula is C14H13FN4O3S. The van der Waals surface area contributed by atoms with E-state index in [2.05, 4.69) is 4.98 Å². The highest BCUT2D eigenvalue weighted by Gasteiger charge is 2.37. The molecule has 0 aliphatic carbocycles. The van der Waals surface area contributed by atoms with Gasteiger partial charge in [0.2, 0.25) is 15.9 Å². The molecule has 1 aliphatic heterocycles. The maximum absolute atomic E-state index is 13.1. The van der Waals surface area contributed by atoms with E-state index in [1.807, 2.05) is 0 Å². The van der Waals surface area contributed by atoms with Gasteiger partial charge in [0.1, 0.15) is 10.7 Å². The van der Waals surface area contributed by atoms with Gasteiger partial charge in [0.15, 0.2) is 5.82 Å². The lowest BCUT2D eigenvalue weighted by Gasteiger charge is -2.36. The van der Waals surface area contributed by atoms with Crippen molar-refractivity contribution in [3.63, 3.8) is 0 Å². The topological polar surface area (TPSA) is 96.6 Å². The number of pyridine rings is 1. The first-order chi connectivity index (χ1) is 10.9. The molecular weight excluding hydrogens is 323 g/mol. The number of nitrogens with two attached hydrogens (primary N) is 1. The SMILES string of the molecule is NC(=O)CN1CN(c2ccc(F)cc2)c2ncccc2S1(=O)=O. The second-order valence-corrected chi connectivity index (χ2v) is 6.86. The highest BCUT2D eigenvalue weighted by Crippen LogP contribution is 2.35. The molecule has 2 N–H and O–H groups in total. The first-order valence-electron chi connectivity index (χ1n) is 6.66. The zero-order chi connectivity index (χ0) is 16.6. The van der Waals surface area contributed by atoms with Crippen LogP contribution in [0.3, 0.4) is 0 Å². The van der Waals surface area contributed by atoms with E-state index in [1.165, 1.54) is 42.6 Å². The van der Waals surface area contributed by atoms with Crippen LogP contribution in [0.4, 0.5) is 15.9 Å². The molecule has 0 saturated carbocycles. The summed E-state index contributed by atoms with van der Waals surface area (Å²) >= 11 is 0. The Morgan fingerprint density at radius 1 is 1.26 bits per heavy atom. The minimum absolute atomic E-state index is 0.0307. The van der Waals surface area contributed by atoms with Crippen molar-refractivity contribution in [2.24, 2.45) is 5.73 Å². The summed E-state index contributed by atoms with van der Waals surface area (Å²) in [6.45, 7) is -0.588. The van der Waals surface area contributed by atoms with Gasteiger partial charge in [0, 0.05) is 11.9 Å². The molecule has 1 aromatic heterocycles. The average molecular weight is 336 g/mol. The number of hydrogen-bond acceptors (Lipinski definition) is 5. The Morgan fingerprint density at radius 2 is 1.96 bits per heavy atom. The van der Waals surface area contributed by atoms with E-state index >= 15 is 0 Å². The summed E-state index contributed by atoms with van der Waals surface area (Å²) in [5.41, 5.74) is 5.69. The zero-order valence-electron chi connectivity index (χ0n) is 11.9. The highest BCUT2D eigenvalue weighted by molar-refractivity contribution is 7.89. The quantitative estimate of drug-likeness (QED) is 0.894. The fourth-order valence-corrected chi connectivity index (χ4v) is 3.85. The fraction of sp³-hybridized carbons (Fsp3) is 0.143. The molecule has 1 aromatic carbocycles. The van der Waals surface area contributed by atoms with Gasteiger partial charge in [-0.2, -0.15) is 4.31 Å². The summed E-state index contributed by atoms with van der Waals surface area (Å²) in [6.07, 6.45) is 1.47. The fourth-order valence-electron chi connectivity index (χ4n) is 2.36. The molecule has 120 valence electrons. The number of carbonyl (C=O) groups is 1. The first kappa shape index (κ1) is 15.4. The van der Waals surface area contributed by atoms with Gasteiger partial charge in [-0.05, 0) is 36.4 Å². The predicted molar refractivity (Wildman–Crippen MR) is 80.7 cm³/mol. The molecule has 0 radical (unpaired) electrons. The van der Waals surface area contributed by atoms with E-state index in [1.54, 1.807) is 4.90 Å². The molecule has 0 bridgehead atoms. The number of aromatic nitrogens is 1. The van der Waals surface area contributed by atoms with Crippen LogP contribution in [0, 0.1) is 5.82 Å². The Hall–Kier alpha value is -2.52. The summed E-state index contributed by atoms with van der Waals surface area (Å²) in [7, 11) is -3.87. The molecule has 0 atom stereocenters. The molecule has 2 heterocycles. The normalized spacial score (nSPS) is 16.8. The van der Waals surface area contributed by atoms with Crippen LogP contribution in [0.15, 0.2) is 47.5 Å². The van der Waals surface area contributed by atoms with Gasteiger partial charge in [0.25, 0.3) is 0 Å². The van der Waals surface area contributed by atoms with E-state index in [-0.39, 0.29) is 17.4 Å². The van der Waals surface area contributed by atoms with Gasteiger partial charge < -0.3 is 10.6 Å². The molecule has 2 aromatic rings. The van der Waals surface area contributed by atoms with Crippen molar-refractivity contribution < 1.29 is 17.6 Å². The van der Waals surface area contributed by atoms with Crippen LogP contribution >= 0.6 is 0 Å². The lowest BCUT2D eigenvalue weighted by atomic mass is 10.2. The summed E-state index contributed by atoms with van der Waals surface area (Å²) in [5, 5.41) is 0. The number of nitrogens with zero attached hydrogens (tertiary/aromatic N) is 3. The number of benzene rings is 1. The maximum atomic E-state index is 13.1. The molecule has 23 heavy (non-hydrogen) atoms. The molecule has 9 heteroatoms. The first-order valence-corrected chi connectivity index (χ1v) is 8.10. The van der Waals surface area contributed by atoms with Crippen LogP contribution in [-0.2, 0) is 14.8 Å². The smallest absolute Gasteiger partial charge is 0.248 e. The Bertz CT molecular complexity index is 855. The van der Waals surface area contributed by atoms with Crippen molar-refractivity contribution >= 4 is 27.4 Å². The Morgan fingerprint density at radius 3 is 2.61 bits per heavy atom. The zero-order valence-corrected chi connectivity index (χ0v) is 12.7. The third kappa shape index (κ3) is 2.76. The number of primary amides is 1. The molecule has 1 aliphatic rings. The number of amides is 1. The van der Waals surface area contributed by atoms with Crippen LogP contribution in [-0.4, -0.2) is 36.8 Å². The third-order valence-corrected chi connectivity index (χ3v) is 5.19. The number of rotatable bonds is 3. The number of sulfonamides is 1. The minimum atomic E-state index is -3.87. The van der Waals surface area contributed by atoms with Gasteiger partial charge >= 0.3 is 0 Å². The van der Waals surface area contributed by atoms with Crippen LogP contribution in [0.25, 0.3) is 0 Å². The van der Waals surface area contributed by atoms with Crippen LogP contribution in [0.2, 0.25) is 0 Å². The van der Waals surface area contributed by atoms with Crippen molar-refractivity contribution in [2.45, 2.75) is 4.90 Å². The van der Waals surface area contributed by atoms with Crippen molar-refractivity contribution in [3.8, 4) is 0 Å². The van der Waals surface area contributed by atoms with Crippen LogP contribution < -0.4 is 10.6 Å². The summed E-state index contributed by atoms with van der Waals surface area (Å²) in [5.74, 6) is -0.951. The second-order valence-electron chi connectivity index (χ2n) is 4.95. The maximum Gasteiger partial charge on any atom is 0.248 e. The third-order valence-electron chi connectivity index (χ3n) is 3.39. The molecule has 0 fully saturated rings. The van der Waals surface area contributed by atoms with Gasteiger partial charge in [-0.25, -0.2) is 17.8 Å². The van der Waals surface area contributed by atoms with Gasteiger partial charge in [-0.15, -0.1) is 0 Å². The summed E-state index contributed by atoms with van der Waals surface area (Å²) in [4.78, 5) is 16.9. The predicted octanol–water partition coefficient (Wildman–Crippen LogP) is 0.806. The minimum Gasteiger partial charge on any atom is -0.369 e. The number of hydrogen-bond donors (Lipinski definition) is 1. The number of halogens is 1. The van der Waals surface area contributed by atoms with E-state index in [4.69, 9.17) is 5.73 Å². The number of carbonyl (C=O) groups excluding carboxylic acids is 1. The van der Waals surface area contributed by atoms with Crippen LogP contribution in [0.5, 0.6) is 0 Å². The summed E-state index contributed by atoms with van der Waals surface area (Å²) in [6, 6.07) is 8.44. The largest absolute Gasteiger partial charge is 0.369 e. The van der Waals surface area contributed by atoms with Crippen molar-refractivity contribution in [1.29, 1.82) is 0 Å². The standard InChI is InChI=1S/C14H13FN4O3S/c15-10-3-5-11(6-4-10)19-9-18(8-13(16)20)23(21,22)12-2-1-7-17-14(12)19/h1-7H,8-9H2,(H2,16,20). The number of anilines is 2. The highest BCUT2D eigenvalue weighted by atomic mass is 32.2.